The molecule has 0 fully saturated rings. The van der Waals surface area contributed by atoms with E-state index < -0.39 is 4.92 Å². The summed E-state index contributed by atoms with van der Waals surface area (Å²) in [4.78, 5) is 10.5. The fourth-order valence-electron chi connectivity index (χ4n) is 1.94. The van der Waals surface area contributed by atoms with Gasteiger partial charge in [-0.05, 0) is 17.7 Å². The molecule has 0 heterocycles. The SMILES string of the molecule is COCCOc1ccccc1-c1ccc(N)c([N+](=O)[O-])c1. The maximum absolute atomic E-state index is 11.0. The lowest BCUT2D eigenvalue weighted by Crippen LogP contribution is -2.05. The second-order valence-corrected chi connectivity index (χ2v) is 4.37. The summed E-state index contributed by atoms with van der Waals surface area (Å²) in [6.07, 6.45) is 0. The van der Waals surface area contributed by atoms with Crippen molar-refractivity contribution in [2.75, 3.05) is 26.1 Å². The van der Waals surface area contributed by atoms with E-state index >= 15 is 0 Å². The van der Waals surface area contributed by atoms with Crippen LogP contribution in [0.1, 0.15) is 0 Å². The Morgan fingerprint density at radius 1 is 1.19 bits per heavy atom. The van der Waals surface area contributed by atoms with Gasteiger partial charge in [-0.3, -0.25) is 10.1 Å². The van der Waals surface area contributed by atoms with Gasteiger partial charge in [0, 0.05) is 18.7 Å². The first kappa shape index (κ1) is 14.8. The van der Waals surface area contributed by atoms with Gasteiger partial charge in [0.05, 0.1) is 11.5 Å². The maximum atomic E-state index is 11.0. The minimum atomic E-state index is -0.493. The maximum Gasteiger partial charge on any atom is 0.292 e. The highest BCUT2D eigenvalue weighted by atomic mass is 16.6. The van der Waals surface area contributed by atoms with E-state index in [2.05, 4.69) is 0 Å². The number of benzene rings is 2. The van der Waals surface area contributed by atoms with Crippen LogP contribution in [-0.4, -0.2) is 25.2 Å². The van der Waals surface area contributed by atoms with E-state index in [0.717, 1.165) is 5.56 Å². The molecule has 0 radical (unpaired) electrons. The van der Waals surface area contributed by atoms with Crippen LogP contribution < -0.4 is 10.5 Å². The molecule has 110 valence electrons. The number of hydrogen-bond acceptors (Lipinski definition) is 5. The summed E-state index contributed by atoms with van der Waals surface area (Å²) in [5, 5.41) is 11.0. The van der Waals surface area contributed by atoms with Gasteiger partial charge in [0.2, 0.25) is 0 Å². The molecule has 2 aromatic carbocycles. The molecule has 0 aliphatic carbocycles. The van der Waals surface area contributed by atoms with Gasteiger partial charge < -0.3 is 15.2 Å². The second kappa shape index (κ2) is 6.71. The summed E-state index contributed by atoms with van der Waals surface area (Å²) in [6, 6.07) is 12.1. The molecule has 6 nitrogen and oxygen atoms in total. The van der Waals surface area contributed by atoms with Gasteiger partial charge in [-0.1, -0.05) is 24.3 Å². The zero-order valence-corrected chi connectivity index (χ0v) is 11.6. The second-order valence-electron chi connectivity index (χ2n) is 4.37. The number of rotatable bonds is 6. The Hall–Kier alpha value is -2.60. The third kappa shape index (κ3) is 3.49. The van der Waals surface area contributed by atoms with Crippen molar-refractivity contribution in [1.29, 1.82) is 0 Å². The smallest absolute Gasteiger partial charge is 0.292 e. The van der Waals surface area contributed by atoms with Gasteiger partial charge in [-0.25, -0.2) is 0 Å². The van der Waals surface area contributed by atoms with Gasteiger partial charge in [-0.15, -0.1) is 0 Å². The number of para-hydroxylation sites is 1. The highest BCUT2D eigenvalue weighted by Gasteiger charge is 2.14. The Morgan fingerprint density at radius 2 is 1.95 bits per heavy atom. The molecule has 0 aliphatic rings. The minimum absolute atomic E-state index is 0.112. The number of methoxy groups -OCH3 is 1. The molecular formula is C15H16N2O4. The van der Waals surface area contributed by atoms with Crippen molar-refractivity contribution in [3.05, 3.63) is 52.6 Å². The van der Waals surface area contributed by atoms with E-state index in [4.69, 9.17) is 15.2 Å². The highest BCUT2D eigenvalue weighted by molar-refractivity contribution is 5.76. The number of ether oxygens (including phenoxy) is 2. The zero-order chi connectivity index (χ0) is 15.2. The highest BCUT2D eigenvalue weighted by Crippen LogP contribution is 2.34. The molecule has 2 aromatic rings. The number of nitrogen functional groups attached to an aromatic ring is 1. The lowest BCUT2D eigenvalue weighted by atomic mass is 10.0. The van der Waals surface area contributed by atoms with Gasteiger partial charge in [-0.2, -0.15) is 0 Å². The Morgan fingerprint density at radius 3 is 2.67 bits per heavy atom. The quantitative estimate of drug-likeness (QED) is 0.382. The predicted octanol–water partition coefficient (Wildman–Crippen LogP) is 2.87. The zero-order valence-electron chi connectivity index (χ0n) is 11.6. The Bertz CT molecular complexity index is 643. The van der Waals surface area contributed by atoms with Crippen LogP contribution in [0.15, 0.2) is 42.5 Å². The molecule has 2 N–H and O–H groups in total. The molecule has 0 atom stereocenters. The number of anilines is 1. The first-order valence-electron chi connectivity index (χ1n) is 6.38. The molecule has 0 aliphatic heterocycles. The van der Waals surface area contributed by atoms with E-state index in [9.17, 15) is 10.1 Å². The molecule has 2 rings (SSSR count). The fraction of sp³-hybridized carbons (Fsp3) is 0.200. The lowest BCUT2D eigenvalue weighted by molar-refractivity contribution is -0.383. The van der Waals surface area contributed by atoms with Crippen molar-refractivity contribution in [3.8, 4) is 16.9 Å². The van der Waals surface area contributed by atoms with Crippen molar-refractivity contribution in [3.63, 3.8) is 0 Å². The number of hydrogen-bond donors (Lipinski definition) is 1. The topological polar surface area (TPSA) is 87.6 Å². The van der Waals surface area contributed by atoms with Gasteiger partial charge in [0.15, 0.2) is 0 Å². The molecule has 0 spiro atoms. The minimum Gasteiger partial charge on any atom is -0.491 e. The first-order valence-corrected chi connectivity index (χ1v) is 6.38. The molecular weight excluding hydrogens is 272 g/mol. The Labute approximate surface area is 122 Å². The van der Waals surface area contributed by atoms with E-state index in [0.29, 0.717) is 24.5 Å². The van der Waals surface area contributed by atoms with Crippen LogP contribution in [0.2, 0.25) is 0 Å². The van der Waals surface area contributed by atoms with Crippen molar-refractivity contribution in [2.24, 2.45) is 0 Å². The molecule has 0 amide bonds. The first-order chi connectivity index (χ1) is 10.1. The average Bonchev–Trinajstić information content (AvgIpc) is 2.48. The summed E-state index contributed by atoms with van der Waals surface area (Å²) in [6.45, 7) is 0.876. The van der Waals surface area contributed by atoms with Crippen LogP contribution >= 0.6 is 0 Å². The normalized spacial score (nSPS) is 10.3. The van der Waals surface area contributed by atoms with Crippen molar-refractivity contribution in [2.45, 2.75) is 0 Å². The summed E-state index contributed by atoms with van der Waals surface area (Å²) in [5.74, 6) is 0.647. The van der Waals surface area contributed by atoms with Crippen LogP contribution in [0.3, 0.4) is 0 Å². The van der Waals surface area contributed by atoms with E-state index in [1.54, 1.807) is 13.2 Å². The van der Waals surface area contributed by atoms with Crippen LogP contribution in [0.5, 0.6) is 5.75 Å². The monoisotopic (exact) mass is 288 g/mol. The lowest BCUT2D eigenvalue weighted by Gasteiger charge is -2.11. The average molecular weight is 288 g/mol. The van der Waals surface area contributed by atoms with Crippen molar-refractivity contribution in [1.82, 2.24) is 0 Å². The van der Waals surface area contributed by atoms with Crippen LogP contribution in [-0.2, 0) is 4.74 Å². The Kier molecular flexibility index (Phi) is 4.73. The number of nitro groups is 1. The predicted molar refractivity (Wildman–Crippen MR) is 80.3 cm³/mol. The molecule has 0 unspecified atom stereocenters. The number of nitro benzene ring substituents is 1. The van der Waals surface area contributed by atoms with Crippen LogP contribution in [0.4, 0.5) is 11.4 Å². The molecule has 0 saturated heterocycles. The molecule has 0 bridgehead atoms. The standard InChI is InChI=1S/C15H16N2O4/c1-20-8-9-21-15-5-3-2-4-12(15)11-6-7-13(16)14(10-11)17(18)19/h2-7,10H,8-9,16H2,1H3. The third-order valence-corrected chi connectivity index (χ3v) is 2.97. The van der Waals surface area contributed by atoms with Gasteiger partial charge >= 0.3 is 0 Å². The van der Waals surface area contributed by atoms with Crippen LogP contribution in [0.25, 0.3) is 11.1 Å². The third-order valence-electron chi connectivity index (χ3n) is 2.97. The van der Waals surface area contributed by atoms with E-state index in [-0.39, 0.29) is 11.4 Å². The summed E-state index contributed by atoms with van der Waals surface area (Å²) >= 11 is 0. The van der Waals surface area contributed by atoms with Gasteiger partial charge in [0.1, 0.15) is 18.0 Å². The van der Waals surface area contributed by atoms with Crippen molar-refractivity contribution >= 4 is 11.4 Å². The molecule has 0 aromatic heterocycles. The number of nitrogens with zero attached hydrogens (tertiary/aromatic N) is 1. The fourth-order valence-corrected chi connectivity index (χ4v) is 1.94. The summed E-state index contributed by atoms with van der Waals surface area (Å²) in [5.41, 5.74) is 7.10. The molecule has 21 heavy (non-hydrogen) atoms. The van der Waals surface area contributed by atoms with E-state index in [1.807, 2.05) is 24.3 Å². The van der Waals surface area contributed by atoms with E-state index in [1.165, 1.54) is 12.1 Å². The van der Waals surface area contributed by atoms with Gasteiger partial charge in [0.25, 0.3) is 5.69 Å². The summed E-state index contributed by atoms with van der Waals surface area (Å²) < 4.78 is 10.6. The largest absolute Gasteiger partial charge is 0.491 e. The Balaban J connectivity index is 2.37. The summed E-state index contributed by atoms with van der Waals surface area (Å²) in [7, 11) is 1.60. The number of nitrogens with two attached hydrogens (primary N) is 1. The van der Waals surface area contributed by atoms with Crippen LogP contribution in [0, 0.1) is 10.1 Å². The van der Waals surface area contributed by atoms with Crippen molar-refractivity contribution < 1.29 is 14.4 Å². The molecule has 0 saturated carbocycles. The molecule has 6 heteroatoms.